The number of hydrogen-bond acceptors (Lipinski definition) is 10. The molecule has 42 heavy (non-hydrogen) atoms. The lowest BCUT2D eigenvalue weighted by Crippen LogP contribution is -2.44. The van der Waals surface area contributed by atoms with E-state index in [2.05, 4.69) is 25.8 Å². The first-order chi connectivity index (χ1) is 20.2. The van der Waals surface area contributed by atoms with Crippen LogP contribution in [0.2, 0.25) is 0 Å². The SMILES string of the molecule is CC.CO[C@H]1CCN(C(=O)CCCCC(=O)NCC(=O)NCC(=O)NCC(=O)NCCOCCOCCO[P+](=O)O)C1. The van der Waals surface area contributed by atoms with Crippen LogP contribution in [0, 0.1) is 0 Å². The minimum atomic E-state index is -2.63. The van der Waals surface area contributed by atoms with Gasteiger partial charge in [0, 0.05) is 44.2 Å². The van der Waals surface area contributed by atoms with Crippen molar-refractivity contribution in [1.82, 2.24) is 26.2 Å². The molecule has 0 aromatic heterocycles. The van der Waals surface area contributed by atoms with Crippen LogP contribution in [0.3, 0.4) is 0 Å². The van der Waals surface area contributed by atoms with Gasteiger partial charge in [0.2, 0.25) is 29.5 Å². The topological polar surface area (TPSA) is 211 Å². The number of nitrogens with zero attached hydrogens (tertiary/aromatic N) is 1. The Morgan fingerprint density at radius 1 is 0.786 bits per heavy atom. The lowest BCUT2D eigenvalue weighted by atomic mass is 10.1. The number of hydrogen-bond donors (Lipinski definition) is 5. The number of nitrogens with one attached hydrogen (secondary N) is 4. The average Bonchev–Trinajstić information content (AvgIpc) is 3.47. The molecule has 16 nitrogen and oxygen atoms in total. The molecule has 1 fully saturated rings. The van der Waals surface area contributed by atoms with Gasteiger partial charge in [-0.1, -0.05) is 13.8 Å². The zero-order chi connectivity index (χ0) is 31.6. The van der Waals surface area contributed by atoms with Gasteiger partial charge < -0.3 is 40.4 Å². The van der Waals surface area contributed by atoms with E-state index in [1.54, 1.807) is 12.0 Å². The Kier molecular flexibility index (Phi) is 24.2. The molecule has 1 aliphatic rings. The van der Waals surface area contributed by atoms with Crippen molar-refractivity contribution in [2.75, 3.05) is 79.4 Å². The Hall–Kier alpha value is -2.75. The van der Waals surface area contributed by atoms with Crippen LogP contribution < -0.4 is 21.3 Å². The molecule has 242 valence electrons. The number of amides is 5. The third kappa shape index (κ3) is 21.9. The molecule has 0 saturated carbocycles. The smallest absolute Gasteiger partial charge is 0.380 e. The standard InChI is InChI=1S/C23H40N5O11P.C2H6/c1-36-18-6-8-28(17-18)23(33)5-3-2-4-19(29)25-15-21(31)27-16-22(32)26-14-20(30)24-7-9-37-10-11-38-12-13-39-40(34)35;1-2/h18H,2-17H2,1H3,(H4-,24,25,26,27,29,30,31,32,34,35);1-2H3/p+1/t18-;/m0./s1. The maximum absolute atomic E-state index is 12.1. The minimum absolute atomic E-state index is 0.00514. The highest BCUT2D eigenvalue weighted by Gasteiger charge is 2.25. The molecule has 5 N–H and O–H groups in total. The first-order valence-corrected chi connectivity index (χ1v) is 15.2. The third-order valence-corrected chi connectivity index (χ3v) is 5.99. The molecule has 1 aliphatic heterocycles. The van der Waals surface area contributed by atoms with Gasteiger partial charge in [0.05, 0.1) is 52.2 Å². The van der Waals surface area contributed by atoms with Crippen LogP contribution in [0.25, 0.3) is 0 Å². The Labute approximate surface area is 247 Å². The molecule has 0 aromatic carbocycles. The maximum atomic E-state index is 12.1. The largest absolute Gasteiger partial charge is 0.694 e. The van der Waals surface area contributed by atoms with E-state index in [9.17, 15) is 28.5 Å². The highest BCUT2D eigenvalue weighted by atomic mass is 31.1. The summed E-state index contributed by atoms with van der Waals surface area (Å²) < 4.78 is 30.3. The third-order valence-electron chi connectivity index (χ3n) is 5.58. The Bertz CT molecular complexity index is 835. The summed E-state index contributed by atoms with van der Waals surface area (Å²) in [7, 11) is -1.00. The van der Waals surface area contributed by atoms with Crippen molar-refractivity contribution in [3.05, 3.63) is 0 Å². The van der Waals surface area contributed by atoms with Gasteiger partial charge in [0.15, 0.2) is 0 Å². The van der Waals surface area contributed by atoms with Crippen molar-refractivity contribution in [3.8, 4) is 0 Å². The average molecular weight is 625 g/mol. The van der Waals surface area contributed by atoms with Crippen molar-refractivity contribution >= 4 is 37.8 Å². The van der Waals surface area contributed by atoms with Crippen molar-refractivity contribution in [3.63, 3.8) is 0 Å². The fourth-order valence-electron chi connectivity index (χ4n) is 3.44. The van der Waals surface area contributed by atoms with E-state index in [1.165, 1.54) is 0 Å². The molecule has 1 rings (SSSR count). The van der Waals surface area contributed by atoms with Gasteiger partial charge >= 0.3 is 8.25 Å². The number of methoxy groups -OCH3 is 1. The predicted octanol–water partition coefficient (Wildman–Crippen LogP) is -1.02. The molecule has 0 radical (unpaired) electrons. The molecule has 0 aliphatic carbocycles. The second-order valence-corrected chi connectivity index (χ2v) is 9.40. The number of ether oxygens (including phenoxy) is 3. The van der Waals surface area contributed by atoms with Crippen LogP contribution in [0.1, 0.15) is 46.0 Å². The molecule has 0 aromatic rings. The van der Waals surface area contributed by atoms with Crippen molar-refractivity contribution in [2.45, 2.75) is 52.1 Å². The summed E-state index contributed by atoms with van der Waals surface area (Å²) in [6, 6.07) is 0. The lowest BCUT2D eigenvalue weighted by molar-refractivity contribution is -0.131. The quantitative estimate of drug-likeness (QED) is 0.0727. The van der Waals surface area contributed by atoms with Gasteiger partial charge in [0.1, 0.15) is 6.61 Å². The van der Waals surface area contributed by atoms with Crippen molar-refractivity contribution in [1.29, 1.82) is 0 Å². The lowest BCUT2D eigenvalue weighted by Gasteiger charge is -2.15. The molecule has 5 amide bonds. The van der Waals surface area contributed by atoms with E-state index >= 15 is 0 Å². The highest BCUT2D eigenvalue weighted by molar-refractivity contribution is 7.32. The van der Waals surface area contributed by atoms with Gasteiger partial charge in [-0.25, -0.2) is 0 Å². The van der Waals surface area contributed by atoms with Crippen LogP contribution >= 0.6 is 8.25 Å². The zero-order valence-corrected chi connectivity index (χ0v) is 25.7. The molecule has 1 heterocycles. The normalized spacial score (nSPS) is 14.3. The summed E-state index contributed by atoms with van der Waals surface area (Å²) in [5, 5.41) is 9.71. The fraction of sp³-hybridized carbons (Fsp3) is 0.800. The summed E-state index contributed by atoms with van der Waals surface area (Å²) in [5.41, 5.74) is 0. The summed E-state index contributed by atoms with van der Waals surface area (Å²) in [6.07, 6.45) is 2.54. The molecular formula is C25H47N5O11P+. The number of likely N-dealkylation sites (tertiary alicyclic amines) is 1. The van der Waals surface area contributed by atoms with E-state index in [0.29, 0.717) is 32.4 Å². The summed E-state index contributed by atoms with van der Waals surface area (Å²) in [4.78, 5) is 69.6. The zero-order valence-electron chi connectivity index (χ0n) is 24.8. The van der Waals surface area contributed by atoms with Gasteiger partial charge in [-0.05, 0) is 19.3 Å². The molecule has 1 unspecified atom stereocenters. The Balaban J connectivity index is 0.00000821. The van der Waals surface area contributed by atoms with E-state index in [0.717, 1.165) is 6.42 Å². The molecule has 0 bridgehead atoms. The minimum Gasteiger partial charge on any atom is -0.380 e. The van der Waals surface area contributed by atoms with Crippen molar-refractivity contribution < 1.29 is 52.2 Å². The van der Waals surface area contributed by atoms with E-state index in [-0.39, 0.29) is 83.6 Å². The monoisotopic (exact) mass is 624 g/mol. The molecule has 0 spiro atoms. The second-order valence-electron chi connectivity index (χ2n) is 8.67. The molecule has 1 saturated heterocycles. The van der Waals surface area contributed by atoms with Crippen LogP contribution in [0.5, 0.6) is 0 Å². The maximum Gasteiger partial charge on any atom is 0.694 e. The Morgan fingerprint density at radius 3 is 1.88 bits per heavy atom. The number of carbonyl (C=O) groups excluding carboxylic acids is 5. The van der Waals surface area contributed by atoms with Crippen LogP contribution in [0.4, 0.5) is 0 Å². The fourth-order valence-corrected chi connectivity index (χ4v) is 3.67. The van der Waals surface area contributed by atoms with E-state index < -0.39 is 26.0 Å². The predicted molar refractivity (Wildman–Crippen MR) is 151 cm³/mol. The summed E-state index contributed by atoms with van der Waals surface area (Å²) in [6.45, 7) is 5.44. The van der Waals surface area contributed by atoms with Crippen molar-refractivity contribution in [2.24, 2.45) is 0 Å². The van der Waals surface area contributed by atoms with Gasteiger partial charge in [-0.2, -0.15) is 0 Å². The number of unbranched alkanes of at least 4 members (excludes halogenated alkanes) is 1. The molecule has 17 heteroatoms. The van der Waals surface area contributed by atoms with E-state index in [4.69, 9.17) is 19.1 Å². The van der Waals surface area contributed by atoms with E-state index in [1.807, 2.05) is 13.8 Å². The first kappa shape index (κ1) is 39.2. The highest BCUT2D eigenvalue weighted by Crippen LogP contribution is 2.14. The van der Waals surface area contributed by atoms with Gasteiger partial charge in [-0.15, -0.1) is 9.42 Å². The molecular weight excluding hydrogens is 577 g/mol. The Morgan fingerprint density at radius 2 is 1.31 bits per heavy atom. The number of carbonyl (C=O) groups is 5. The molecule has 2 atom stereocenters. The van der Waals surface area contributed by atoms with Crippen LogP contribution in [-0.4, -0.2) is 125 Å². The summed E-state index contributed by atoms with van der Waals surface area (Å²) in [5.74, 6) is -1.84. The van der Waals surface area contributed by atoms with Crippen LogP contribution in [0.15, 0.2) is 0 Å². The number of rotatable bonds is 22. The van der Waals surface area contributed by atoms with Gasteiger partial charge in [-0.3, -0.25) is 24.0 Å². The summed E-state index contributed by atoms with van der Waals surface area (Å²) >= 11 is 0. The first-order valence-electron chi connectivity index (χ1n) is 14.0. The second kappa shape index (κ2) is 25.9. The van der Waals surface area contributed by atoms with Gasteiger partial charge in [0.25, 0.3) is 0 Å². The van der Waals surface area contributed by atoms with Crippen LogP contribution in [-0.2, 0) is 47.3 Å².